The molecule has 1 aromatic carbocycles. The average Bonchev–Trinajstić information content (AvgIpc) is 2.35. The zero-order chi connectivity index (χ0) is 14.6. The summed E-state index contributed by atoms with van der Waals surface area (Å²) in [6, 6.07) is 2.18. The molecule has 0 unspecified atom stereocenters. The van der Waals surface area contributed by atoms with Crippen LogP contribution in [0.2, 0.25) is 0 Å². The number of carbonyl (C=O) groups is 1. The highest BCUT2D eigenvalue weighted by molar-refractivity contribution is 5.74. The number of carbonyl (C=O) groups excluding carboxylic acids is 1. The molecule has 7 heteroatoms. The largest absolute Gasteiger partial charge is 0.479 e. The van der Waals surface area contributed by atoms with Gasteiger partial charge in [0.05, 0.1) is 12.7 Å². The number of esters is 1. The third-order valence-electron chi connectivity index (χ3n) is 2.36. The number of hydrogen-bond donors (Lipinski definition) is 0. The van der Waals surface area contributed by atoms with Crippen molar-refractivity contribution in [1.82, 2.24) is 0 Å². The monoisotopic (exact) mass is 296 g/mol. The maximum absolute atomic E-state index is 13.0. The molecule has 0 saturated heterocycles. The molecule has 1 atom stereocenters. The molecule has 114 valence electrons. The van der Waals surface area contributed by atoms with Crippen molar-refractivity contribution in [3.05, 3.63) is 29.6 Å². The van der Waals surface area contributed by atoms with Crippen molar-refractivity contribution in [2.45, 2.75) is 33.1 Å². The van der Waals surface area contributed by atoms with Gasteiger partial charge in [0.1, 0.15) is 11.6 Å². The van der Waals surface area contributed by atoms with Crippen LogP contribution in [0.1, 0.15) is 26.3 Å². The van der Waals surface area contributed by atoms with Gasteiger partial charge in [0, 0.05) is 0 Å². The number of hydrogen-bond acceptors (Lipinski definition) is 3. The lowest BCUT2D eigenvalue weighted by molar-refractivity contribution is -0.148. The fraction of sp³-hybridized carbons (Fsp3) is 0.462. The van der Waals surface area contributed by atoms with Crippen LogP contribution in [-0.4, -0.2) is 19.2 Å². The van der Waals surface area contributed by atoms with Gasteiger partial charge in [-0.1, -0.05) is 14.4 Å². The molecule has 0 radical (unpaired) electrons. The van der Waals surface area contributed by atoms with Crippen molar-refractivity contribution in [3.8, 4) is 5.75 Å². The van der Waals surface area contributed by atoms with Gasteiger partial charge in [0.25, 0.3) is 0 Å². The third kappa shape index (κ3) is 4.40. The van der Waals surface area contributed by atoms with Gasteiger partial charge in [-0.25, -0.2) is 9.18 Å². The molecule has 0 N–H and O–H groups in total. The predicted molar refractivity (Wildman–Crippen MR) is 64.9 cm³/mol. The fourth-order valence-electron chi connectivity index (χ4n) is 1.39. The van der Waals surface area contributed by atoms with E-state index >= 15 is 0 Å². The molecule has 0 aliphatic heterocycles. The van der Waals surface area contributed by atoms with E-state index in [1.54, 1.807) is 6.92 Å². The van der Waals surface area contributed by atoms with Gasteiger partial charge >= 0.3 is 12.1 Å². The van der Waals surface area contributed by atoms with Crippen molar-refractivity contribution in [3.63, 3.8) is 0 Å². The maximum atomic E-state index is 13.0. The Morgan fingerprint density at radius 2 is 1.95 bits per heavy atom. The second-order valence-corrected chi connectivity index (χ2v) is 3.68. The molecule has 0 aromatic heterocycles. The quantitative estimate of drug-likeness (QED) is 0.626. The summed E-state index contributed by atoms with van der Waals surface area (Å²) in [5.41, 5.74) is -1.44. The Balaban J connectivity index is 0.00000361. The first-order chi connectivity index (χ1) is 8.79. The van der Waals surface area contributed by atoms with E-state index in [1.807, 2.05) is 0 Å². The van der Waals surface area contributed by atoms with Crippen molar-refractivity contribution >= 4 is 5.97 Å². The second kappa shape index (κ2) is 7.12. The highest BCUT2D eigenvalue weighted by Gasteiger charge is 2.34. The van der Waals surface area contributed by atoms with Crippen LogP contribution in [-0.2, 0) is 15.7 Å². The van der Waals surface area contributed by atoms with E-state index < -0.39 is 29.6 Å². The highest BCUT2D eigenvalue weighted by atomic mass is 19.4. The molecule has 1 aromatic rings. The SMILES string of the molecule is C.CC[C@H](Oc1ccc(F)c(C(F)(F)F)c1)C(=O)OC. The van der Waals surface area contributed by atoms with Gasteiger partial charge in [-0.3, -0.25) is 0 Å². The third-order valence-corrected chi connectivity index (χ3v) is 2.36. The van der Waals surface area contributed by atoms with Crippen LogP contribution in [0.4, 0.5) is 17.6 Å². The molecule has 0 aliphatic carbocycles. The summed E-state index contributed by atoms with van der Waals surface area (Å²) in [5.74, 6) is -2.35. The summed E-state index contributed by atoms with van der Waals surface area (Å²) >= 11 is 0. The molecule has 0 aliphatic rings. The molecule has 0 bridgehead atoms. The number of rotatable bonds is 4. The van der Waals surface area contributed by atoms with Gasteiger partial charge in [0.2, 0.25) is 0 Å². The smallest absolute Gasteiger partial charge is 0.419 e. The Kier molecular flexibility index (Phi) is 6.48. The molecule has 0 amide bonds. The first-order valence-electron chi connectivity index (χ1n) is 5.40. The van der Waals surface area contributed by atoms with Crippen molar-refractivity contribution in [2.75, 3.05) is 7.11 Å². The van der Waals surface area contributed by atoms with Crippen molar-refractivity contribution < 1.29 is 31.8 Å². The second-order valence-electron chi connectivity index (χ2n) is 3.68. The standard InChI is InChI=1S/C12H12F4O3.CH4/c1-3-10(11(17)18-2)19-7-4-5-9(13)8(6-7)12(14,15)16;/h4-6,10H,3H2,1-2H3;1H4/t10-;/m0./s1. The number of ether oxygens (including phenoxy) is 2. The lowest BCUT2D eigenvalue weighted by Gasteiger charge is -2.16. The predicted octanol–water partition coefficient (Wildman–Crippen LogP) is 3.81. The normalized spacial score (nSPS) is 12.3. The Hall–Kier alpha value is -1.79. The van der Waals surface area contributed by atoms with E-state index in [4.69, 9.17) is 4.74 Å². The van der Waals surface area contributed by atoms with Gasteiger partial charge in [-0.05, 0) is 24.6 Å². The summed E-state index contributed by atoms with van der Waals surface area (Å²) in [6.45, 7) is 1.61. The van der Waals surface area contributed by atoms with Crippen LogP contribution in [0, 0.1) is 5.82 Å². The van der Waals surface area contributed by atoms with Crippen molar-refractivity contribution in [2.24, 2.45) is 0 Å². The molecule has 0 spiro atoms. The van der Waals surface area contributed by atoms with Crippen molar-refractivity contribution in [1.29, 1.82) is 0 Å². The number of benzene rings is 1. The first-order valence-corrected chi connectivity index (χ1v) is 5.40. The Bertz CT molecular complexity index is 457. The zero-order valence-electron chi connectivity index (χ0n) is 10.3. The van der Waals surface area contributed by atoms with Crippen LogP contribution in [0.15, 0.2) is 18.2 Å². The fourth-order valence-corrected chi connectivity index (χ4v) is 1.39. The number of alkyl halides is 3. The molecule has 20 heavy (non-hydrogen) atoms. The number of methoxy groups -OCH3 is 1. The van der Waals surface area contributed by atoms with Crippen LogP contribution >= 0.6 is 0 Å². The van der Waals surface area contributed by atoms with Crippen LogP contribution in [0.25, 0.3) is 0 Å². The Labute approximate surface area is 114 Å². The average molecular weight is 296 g/mol. The molecule has 1 rings (SSSR count). The van der Waals surface area contributed by atoms with E-state index in [0.717, 1.165) is 13.2 Å². The van der Waals surface area contributed by atoms with Crippen LogP contribution < -0.4 is 4.74 Å². The van der Waals surface area contributed by atoms with Gasteiger partial charge in [-0.2, -0.15) is 13.2 Å². The maximum Gasteiger partial charge on any atom is 0.419 e. The molecule has 3 nitrogen and oxygen atoms in total. The summed E-state index contributed by atoms with van der Waals surface area (Å²) < 4.78 is 60.0. The van der Waals surface area contributed by atoms with Gasteiger partial charge in [0.15, 0.2) is 6.10 Å². The van der Waals surface area contributed by atoms with E-state index in [2.05, 4.69) is 4.74 Å². The summed E-state index contributed by atoms with van der Waals surface area (Å²) in [7, 11) is 1.14. The zero-order valence-corrected chi connectivity index (χ0v) is 10.3. The molecule has 0 saturated carbocycles. The Morgan fingerprint density at radius 1 is 1.35 bits per heavy atom. The minimum absolute atomic E-state index is 0. The molecule has 0 heterocycles. The first kappa shape index (κ1) is 18.2. The van der Waals surface area contributed by atoms with Crippen LogP contribution in [0.3, 0.4) is 0 Å². The molecular formula is C13H16F4O3. The van der Waals surface area contributed by atoms with E-state index in [1.165, 1.54) is 0 Å². The summed E-state index contributed by atoms with van der Waals surface area (Å²) in [5, 5.41) is 0. The van der Waals surface area contributed by atoms with Gasteiger partial charge in [-0.15, -0.1) is 0 Å². The van der Waals surface area contributed by atoms with Crippen LogP contribution in [0.5, 0.6) is 5.75 Å². The molecular weight excluding hydrogens is 280 g/mol. The lowest BCUT2D eigenvalue weighted by atomic mass is 10.2. The lowest BCUT2D eigenvalue weighted by Crippen LogP contribution is -2.27. The summed E-state index contributed by atoms with van der Waals surface area (Å²) in [4.78, 5) is 11.3. The highest BCUT2D eigenvalue weighted by Crippen LogP contribution is 2.33. The minimum Gasteiger partial charge on any atom is -0.479 e. The summed E-state index contributed by atoms with van der Waals surface area (Å²) in [6.07, 6.45) is -5.64. The minimum atomic E-state index is -4.82. The van der Waals surface area contributed by atoms with E-state index in [9.17, 15) is 22.4 Å². The number of halogens is 4. The van der Waals surface area contributed by atoms with Gasteiger partial charge < -0.3 is 9.47 Å². The topological polar surface area (TPSA) is 35.5 Å². The van der Waals surface area contributed by atoms with E-state index in [0.29, 0.717) is 12.1 Å². The Morgan fingerprint density at radius 3 is 2.40 bits per heavy atom. The van der Waals surface area contributed by atoms with E-state index in [-0.39, 0.29) is 19.6 Å². The molecule has 0 fully saturated rings.